The summed E-state index contributed by atoms with van der Waals surface area (Å²) in [5.41, 5.74) is 2.80. The van der Waals surface area contributed by atoms with Gasteiger partial charge in [-0.05, 0) is 12.5 Å². The van der Waals surface area contributed by atoms with Gasteiger partial charge in [-0.2, -0.15) is 5.10 Å². The predicted molar refractivity (Wildman–Crippen MR) is 128 cm³/mol. The molecule has 1 aromatic rings. The second-order valence-corrected chi connectivity index (χ2v) is 8.31. The minimum atomic E-state index is -0.460. The summed E-state index contributed by atoms with van der Waals surface area (Å²) in [5.74, 6) is -0.149. The fourth-order valence-electron chi connectivity index (χ4n) is 3.65. The highest BCUT2D eigenvalue weighted by Crippen LogP contribution is 2.15. The number of hydrogen-bond acceptors (Lipinski definition) is 4. The van der Waals surface area contributed by atoms with Crippen LogP contribution in [0.5, 0.6) is 0 Å². The summed E-state index contributed by atoms with van der Waals surface area (Å²) in [4.78, 5) is 22.3. The molecular formula is C25H41N3O3. The first kappa shape index (κ1) is 26.8. The van der Waals surface area contributed by atoms with Crippen LogP contribution in [-0.4, -0.2) is 17.0 Å². The van der Waals surface area contributed by atoms with Gasteiger partial charge in [0.15, 0.2) is 0 Å². The number of carbonyl (C=O) groups excluding carboxylic acids is 1. The molecule has 0 aliphatic carbocycles. The molecule has 0 saturated heterocycles. The van der Waals surface area contributed by atoms with Crippen LogP contribution in [0.15, 0.2) is 29.4 Å². The standard InChI is InChI=1S/C25H41N3O3/c1-2-3-4-5-6-7-8-9-10-11-12-13-14-15-16-21-25(29)27-26-22-23-19-17-18-20-24(23)28(30)31/h17-20,22H,2-16,21H2,1H3,(H,27,29)/b26-22+. The summed E-state index contributed by atoms with van der Waals surface area (Å²) in [6, 6.07) is 6.32. The molecule has 31 heavy (non-hydrogen) atoms. The Bertz CT molecular complexity index is 647. The lowest BCUT2D eigenvalue weighted by Crippen LogP contribution is -2.17. The summed E-state index contributed by atoms with van der Waals surface area (Å²) in [6.45, 7) is 2.26. The Balaban J connectivity index is 1.93. The zero-order chi connectivity index (χ0) is 22.6. The Labute approximate surface area is 188 Å². The molecule has 174 valence electrons. The average molecular weight is 432 g/mol. The zero-order valence-corrected chi connectivity index (χ0v) is 19.3. The van der Waals surface area contributed by atoms with E-state index in [0.717, 1.165) is 12.8 Å². The van der Waals surface area contributed by atoms with Crippen molar-refractivity contribution in [2.24, 2.45) is 5.10 Å². The summed E-state index contributed by atoms with van der Waals surface area (Å²) in [7, 11) is 0. The van der Waals surface area contributed by atoms with Crippen LogP contribution >= 0.6 is 0 Å². The van der Waals surface area contributed by atoms with Crippen molar-refractivity contribution in [1.29, 1.82) is 0 Å². The molecule has 0 fully saturated rings. The van der Waals surface area contributed by atoms with Gasteiger partial charge in [0.1, 0.15) is 0 Å². The van der Waals surface area contributed by atoms with Gasteiger partial charge in [-0.15, -0.1) is 0 Å². The molecule has 1 N–H and O–H groups in total. The van der Waals surface area contributed by atoms with Gasteiger partial charge >= 0.3 is 0 Å². The molecule has 6 nitrogen and oxygen atoms in total. The van der Waals surface area contributed by atoms with Crippen LogP contribution in [0.4, 0.5) is 5.69 Å². The Kier molecular flexibility index (Phi) is 16.0. The topological polar surface area (TPSA) is 84.6 Å². The van der Waals surface area contributed by atoms with E-state index in [1.807, 2.05) is 0 Å². The Morgan fingerprint density at radius 3 is 1.87 bits per heavy atom. The first-order chi connectivity index (χ1) is 15.1. The SMILES string of the molecule is CCCCCCCCCCCCCCCCCC(=O)N/N=C/c1ccccc1[N+](=O)[O-]. The Morgan fingerprint density at radius 2 is 1.35 bits per heavy atom. The highest BCUT2D eigenvalue weighted by Gasteiger charge is 2.10. The first-order valence-corrected chi connectivity index (χ1v) is 12.2. The number of rotatable bonds is 19. The van der Waals surface area contributed by atoms with E-state index in [0.29, 0.717) is 12.0 Å². The van der Waals surface area contributed by atoms with Gasteiger partial charge in [0.25, 0.3) is 5.69 Å². The highest BCUT2D eigenvalue weighted by atomic mass is 16.6. The third-order valence-corrected chi connectivity index (χ3v) is 5.53. The number of benzene rings is 1. The van der Waals surface area contributed by atoms with Gasteiger partial charge in [-0.1, -0.05) is 109 Å². The Hall–Kier alpha value is -2.24. The highest BCUT2D eigenvalue weighted by molar-refractivity contribution is 5.86. The van der Waals surface area contributed by atoms with E-state index in [2.05, 4.69) is 17.5 Å². The fourth-order valence-corrected chi connectivity index (χ4v) is 3.65. The maximum absolute atomic E-state index is 11.8. The van der Waals surface area contributed by atoms with E-state index in [-0.39, 0.29) is 11.6 Å². The van der Waals surface area contributed by atoms with E-state index in [9.17, 15) is 14.9 Å². The molecular weight excluding hydrogens is 390 g/mol. The van der Waals surface area contributed by atoms with Gasteiger partial charge in [-0.25, -0.2) is 5.43 Å². The number of hydrogen-bond donors (Lipinski definition) is 1. The lowest BCUT2D eigenvalue weighted by atomic mass is 10.0. The molecule has 0 unspecified atom stereocenters. The Morgan fingerprint density at radius 1 is 0.871 bits per heavy atom. The van der Waals surface area contributed by atoms with Crippen molar-refractivity contribution < 1.29 is 9.72 Å². The molecule has 0 atom stereocenters. The summed E-state index contributed by atoms with van der Waals surface area (Å²) in [5, 5.41) is 14.8. The van der Waals surface area contributed by atoms with E-state index in [1.54, 1.807) is 18.2 Å². The summed E-state index contributed by atoms with van der Waals surface area (Å²) >= 11 is 0. The minimum absolute atomic E-state index is 0.0251. The molecule has 1 aromatic carbocycles. The molecule has 0 aromatic heterocycles. The van der Waals surface area contributed by atoms with Crippen LogP contribution in [-0.2, 0) is 4.79 Å². The van der Waals surface area contributed by atoms with Gasteiger partial charge in [0, 0.05) is 12.5 Å². The second-order valence-electron chi connectivity index (χ2n) is 8.31. The van der Waals surface area contributed by atoms with E-state index < -0.39 is 4.92 Å². The minimum Gasteiger partial charge on any atom is -0.273 e. The number of unbranched alkanes of at least 4 members (excludes halogenated alkanes) is 14. The number of nitro groups is 1. The molecule has 0 heterocycles. The number of nitrogens with one attached hydrogen (secondary N) is 1. The third-order valence-electron chi connectivity index (χ3n) is 5.53. The number of nitro benzene ring substituents is 1. The molecule has 0 aliphatic heterocycles. The van der Waals surface area contributed by atoms with Gasteiger partial charge in [0.2, 0.25) is 5.91 Å². The van der Waals surface area contributed by atoms with Gasteiger partial charge in [-0.3, -0.25) is 14.9 Å². The molecule has 0 bridgehead atoms. The largest absolute Gasteiger partial charge is 0.278 e. The molecule has 1 amide bonds. The van der Waals surface area contributed by atoms with Crippen molar-refractivity contribution in [2.75, 3.05) is 0 Å². The molecule has 1 rings (SSSR count). The second kappa shape index (κ2) is 18.5. The first-order valence-electron chi connectivity index (χ1n) is 12.2. The smallest absolute Gasteiger partial charge is 0.273 e. The quantitative estimate of drug-likeness (QED) is 0.108. The van der Waals surface area contributed by atoms with Crippen LogP contribution in [0.2, 0.25) is 0 Å². The van der Waals surface area contributed by atoms with Crippen LogP contribution in [0, 0.1) is 10.1 Å². The monoisotopic (exact) mass is 431 g/mol. The van der Waals surface area contributed by atoms with Gasteiger partial charge < -0.3 is 0 Å². The molecule has 0 aliphatic rings. The fraction of sp³-hybridized carbons (Fsp3) is 0.680. The van der Waals surface area contributed by atoms with E-state index >= 15 is 0 Å². The van der Waals surface area contributed by atoms with Crippen LogP contribution in [0.1, 0.15) is 115 Å². The lowest BCUT2D eigenvalue weighted by molar-refractivity contribution is -0.385. The molecule has 0 radical (unpaired) electrons. The molecule has 0 saturated carbocycles. The number of amides is 1. The van der Waals surface area contributed by atoms with Gasteiger partial charge in [0.05, 0.1) is 16.7 Å². The normalized spacial score (nSPS) is 11.1. The van der Waals surface area contributed by atoms with E-state index in [4.69, 9.17) is 0 Å². The number of nitrogens with zero attached hydrogens (tertiary/aromatic N) is 2. The van der Waals surface area contributed by atoms with Crippen molar-refractivity contribution in [3.8, 4) is 0 Å². The molecule has 6 heteroatoms. The van der Waals surface area contributed by atoms with Crippen LogP contribution in [0.3, 0.4) is 0 Å². The van der Waals surface area contributed by atoms with Crippen molar-refractivity contribution in [2.45, 2.75) is 110 Å². The lowest BCUT2D eigenvalue weighted by Gasteiger charge is -2.03. The number of hydrazone groups is 1. The van der Waals surface area contributed by atoms with Crippen molar-refractivity contribution in [1.82, 2.24) is 5.43 Å². The zero-order valence-electron chi connectivity index (χ0n) is 19.3. The molecule has 0 spiro atoms. The predicted octanol–water partition coefficient (Wildman–Crippen LogP) is 7.31. The average Bonchev–Trinajstić information content (AvgIpc) is 2.76. The number of para-hydroxylation sites is 1. The maximum Gasteiger partial charge on any atom is 0.278 e. The summed E-state index contributed by atoms with van der Waals surface area (Å²) in [6.07, 6.45) is 21.2. The number of carbonyl (C=O) groups is 1. The van der Waals surface area contributed by atoms with E-state index in [1.165, 1.54) is 95.8 Å². The summed E-state index contributed by atoms with van der Waals surface area (Å²) < 4.78 is 0. The van der Waals surface area contributed by atoms with Crippen LogP contribution < -0.4 is 5.43 Å². The van der Waals surface area contributed by atoms with Crippen molar-refractivity contribution in [3.63, 3.8) is 0 Å². The van der Waals surface area contributed by atoms with Crippen molar-refractivity contribution in [3.05, 3.63) is 39.9 Å². The maximum atomic E-state index is 11.8. The third kappa shape index (κ3) is 14.4. The van der Waals surface area contributed by atoms with Crippen LogP contribution in [0.25, 0.3) is 0 Å². The van der Waals surface area contributed by atoms with Crippen molar-refractivity contribution >= 4 is 17.8 Å².